The highest BCUT2D eigenvalue weighted by molar-refractivity contribution is 7.52. The van der Waals surface area contributed by atoms with Crippen molar-refractivity contribution in [3.63, 3.8) is 0 Å². The number of amides is 1. The molecule has 0 radical (unpaired) electrons. The lowest BCUT2D eigenvalue weighted by molar-refractivity contribution is 0.0940. The minimum Gasteiger partial charge on any atom is -0.382 e. The van der Waals surface area contributed by atoms with Crippen molar-refractivity contribution in [2.45, 2.75) is 13.2 Å². The van der Waals surface area contributed by atoms with Gasteiger partial charge in [0.05, 0.1) is 13.2 Å². The van der Waals surface area contributed by atoms with Gasteiger partial charge in [0.2, 0.25) is 0 Å². The maximum absolute atomic E-state index is 13.1. The first-order chi connectivity index (χ1) is 15.9. The minimum atomic E-state index is -3.94. The Labute approximate surface area is 194 Å². The fraction of sp³-hybridized carbons (Fsp3) is 0.100. The molecule has 6 N–H and O–H groups in total. The molecule has 172 valence electrons. The molecule has 13 heteroatoms. The maximum atomic E-state index is 13.1. The molecule has 0 bridgehead atoms. The summed E-state index contributed by atoms with van der Waals surface area (Å²) in [6.07, 6.45) is 0.969. The van der Waals surface area contributed by atoms with Gasteiger partial charge in [-0.3, -0.25) is 24.7 Å². The summed E-state index contributed by atoms with van der Waals surface area (Å²) in [6.45, 7) is 0.0132. The van der Waals surface area contributed by atoms with Gasteiger partial charge in [-0.25, -0.2) is 14.5 Å². The molecule has 1 aromatic heterocycles. The number of anilines is 2. The van der Waals surface area contributed by atoms with Crippen LogP contribution in [0.5, 0.6) is 0 Å². The maximum Gasteiger partial charge on any atom is 0.455 e. The van der Waals surface area contributed by atoms with Crippen LogP contribution in [0.4, 0.5) is 11.6 Å². The van der Waals surface area contributed by atoms with Crippen LogP contribution in [0.15, 0.2) is 65.4 Å². The van der Waals surface area contributed by atoms with Gasteiger partial charge in [-0.15, -0.1) is 0 Å². The zero-order chi connectivity index (χ0) is 23.7. The number of aromatic nitrogens is 2. The van der Waals surface area contributed by atoms with Gasteiger partial charge in [0.25, 0.3) is 5.91 Å². The summed E-state index contributed by atoms with van der Waals surface area (Å²) in [4.78, 5) is 19.7. The predicted molar refractivity (Wildman–Crippen MR) is 125 cm³/mol. The van der Waals surface area contributed by atoms with E-state index in [2.05, 4.69) is 25.6 Å². The Morgan fingerprint density at radius 1 is 0.970 bits per heavy atom. The molecule has 3 aromatic rings. The molecule has 33 heavy (non-hydrogen) atoms. The van der Waals surface area contributed by atoms with Crippen LogP contribution >= 0.6 is 19.3 Å². The number of hydrazine groups is 1. The molecule has 0 spiro atoms. The van der Waals surface area contributed by atoms with E-state index < -0.39 is 13.7 Å². The normalized spacial score (nSPS) is 11.4. The van der Waals surface area contributed by atoms with E-state index in [1.807, 2.05) is 60.7 Å². The van der Waals surface area contributed by atoms with Crippen molar-refractivity contribution in [2.75, 3.05) is 11.5 Å². The van der Waals surface area contributed by atoms with E-state index >= 15 is 0 Å². The summed E-state index contributed by atoms with van der Waals surface area (Å²) in [5.41, 5.74) is 17.1. The van der Waals surface area contributed by atoms with Gasteiger partial charge in [-0.1, -0.05) is 72.3 Å². The summed E-state index contributed by atoms with van der Waals surface area (Å²) < 4.78 is 28.0. The number of nitrogens with two attached hydrogens (primary N) is 2. The molecule has 0 atom stereocenters. The van der Waals surface area contributed by atoms with Crippen molar-refractivity contribution in [2.24, 2.45) is 4.76 Å². The highest BCUT2D eigenvalue weighted by Gasteiger charge is 2.24. The number of rotatable bonds is 10. The van der Waals surface area contributed by atoms with E-state index in [1.165, 1.54) is 0 Å². The molecular weight excluding hydrogens is 469 g/mol. The van der Waals surface area contributed by atoms with E-state index in [0.29, 0.717) is 0 Å². The van der Waals surface area contributed by atoms with Gasteiger partial charge in [0.15, 0.2) is 22.5 Å². The van der Waals surface area contributed by atoms with E-state index in [0.717, 1.165) is 17.5 Å². The summed E-state index contributed by atoms with van der Waals surface area (Å²) in [7, 11) is -3.94. The van der Waals surface area contributed by atoms with E-state index in [4.69, 9.17) is 32.1 Å². The van der Waals surface area contributed by atoms with Gasteiger partial charge in [0, 0.05) is 0 Å². The molecular formula is C20H21ClN7O4P. The predicted octanol–water partition coefficient (Wildman–Crippen LogP) is 3.10. The van der Waals surface area contributed by atoms with Crippen molar-refractivity contribution in [3.8, 4) is 0 Å². The minimum absolute atomic E-state index is 0.00661. The van der Waals surface area contributed by atoms with Crippen LogP contribution in [0.25, 0.3) is 0 Å². The number of nitrogens with one attached hydrogen (secondary N) is 2. The lowest BCUT2D eigenvalue weighted by atomic mass is 10.2. The van der Waals surface area contributed by atoms with Crippen LogP contribution in [0, 0.1) is 0 Å². The lowest BCUT2D eigenvalue weighted by Gasteiger charge is -2.14. The number of halogens is 1. The standard InChI is InChI=1S/C20H21ClN7O4P/c21-17-19(23)27-18(22)16(26-17)20(29)28-24-13-25-33(30,31-11-14-7-3-1-4-8-14)32-12-15-9-5-2-6-10-15/h1-10,13H,11-12H2,(H,28,29)(H4,22,23,27)(H,24,25,30). The van der Waals surface area contributed by atoms with Gasteiger partial charge in [-0.05, 0) is 11.1 Å². The quantitative estimate of drug-likeness (QED) is 0.145. The summed E-state index contributed by atoms with van der Waals surface area (Å²) in [6, 6.07) is 18.3. The smallest absolute Gasteiger partial charge is 0.382 e. The second kappa shape index (κ2) is 11.4. The molecule has 0 saturated carbocycles. The molecule has 0 aliphatic rings. The number of hydrogen-bond donors (Lipinski definition) is 4. The summed E-state index contributed by atoms with van der Waals surface area (Å²) in [5, 5.41) is -0.170. The molecule has 2 aromatic carbocycles. The van der Waals surface area contributed by atoms with E-state index in [-0.39, 0.29) is 35.7 Å². The van der Waals surface area contributed by atoms with Crippen LogP contribution in [0.3, 0.4) is 0 Å². The topological polar surface area (TPSA) is 167 Å². The van der Waals surface area contributed by atoms with Crippen LogP contribution < -0.4 is 22.3 Å². The number of nitrogens with zero attached hydrogens (tertiary/aromatic N) is 3. The first-order valence-corrected chi connectivity index (χ1v) is 11.4. The SMILES string of the molecule is Nc1nc(N)c(C(=O)NNC=NP(=O)(OCc2ccccc2)OCc2ccccc2)nc1Cl. The van der Waals surface area contributed by atoms with Crippen LogP contribution in [0.1, 0.15) is 21.6 Å². The van der Waals surface area contributed by atoms with Crippen LogP contribution in [-0.4, -0.2) is 22.2 Å². The van der Waals surface area contributed by atoms with Gasteiger partial charge in [-0.2, -0.15) is 4.76 Å². The van der Waals surface area contributed by atoms with E-state index in [1.54, 1.807) is 0 Å². The molecule has 0 aliphatic carbocycles. The van der Waals surface area contributed by atoms with Crippen LogP contribution in [-0.2, 0) is 26.8 Å². The first-order valence-electron chi connectivity index (χ1n) is 9.52. The Hall–Kier alpha value is -3.50. The van der Waals surface area contributed by atoms with Crippen molar-refractivity contribution in [1.29, 1.82) is 0 Å². The Morgan fingerprint density at radius 2 is 1.52 bits per heavy atom. The fourth-order valence-electron chi connectivity index (χ4n) is 2.43. The second-order valence-corrected chi connectivity index (χ2v) is 8.51. The molecule has 3 rings (SSSR count). The molecule has 1 amide bonds. The highest BCUT2D eigenvalue weighted by Crippen LogP contribution is 2.50. The average Bonchev–Trinajstić information content (AvgIpc) is 2.83. The second-order valence-electron chi connectivity index (χ2n) is 6.46. The number of benzene rings is 2. The van der Waals surface area contributed by atoms with Crippen LogP contribution in [0.2, 0.25) is 5.15 Å². The Morgan fingerprint density at radius 3 is 2.06 bits per heavy atom. The molecule has 0 saturated heterocycles. The Balaban J connectivity index is 1.64. The third-order valence-electron chi connectivity index (χ3n) is 4.04. The Bertz CT molecular complexity index is 1120. The molecule has 11 nitrogen and oxygen atoms in total. The lowest BCUT2D eigenvalue weighted by Crippen LogP contribution is -2.37. The number of carbonyl (C=O) groups is 1. The zero-order valence-corrected chi connectivity index (χ0v) is 18.9. The highest BCUT2D eigenvalue weighted by atomic mass is 35.5. The zero-order valence-electron chi connectivity index (χ0n) is 17.2. The van der Waals surface area contributed by atoms with Gasteiger partial charge in [0.1, 0.15) is 6.34 Å². The van der Waals surface area contributed by atoms with Gasteiger partial charge < -0.3 is 11.5 Å². The molecule has 0 fully saturated rings. The van der Waals surface area contributed by atoms with Crippen molar-refractivity contribution in [1.82, 2.24) is 20.8 Å². The average molecular weight is 490 g/mol. The third kappa shape index (κ3) is 7.26. The van der Waals surface area contributed by atoms with Crippen molar-refractivity contribution in [3.05, 3.63) is 82.6 Å². The molecule has 0 aliphatic heterocycles. The monoisotopic (exact) mass is 489 g/mol. The van der Waals surface area contributed by atoms with Gasteiger partial charge >= 0.3 is 7.75 Å². The van der Waals surface area contributed by atoms with E-state index in [9.17, 15) is 9.36 Å². The Kier molecular flexibility index (Phi) is 8.34. The fourth-order valence-corrected chi connectivity index (χ4v) is 3.59. The number of nitrogen functional groups attached to an aromatic ring is 2. The first kappa shape index (κ1) is 24.1. The summed E-state index contributed by atoms with van der Waals surface area (Å²) in [5.74, 6) is -1.08. The number of hydrogen-bond acceptors (Lipinski definition) is 8. The largest absolute Gasteiger partial charge is 0.455 e. The van der Waals surface area contributed by atoms with Crippen molar-refractivity contribution >= 4 is 43.2 Å². The third-order valence-corrected chi connectivity index (χ3v) is 5.63. The molecule has 0 unspecified atom stereocenters. The van der Waals surface area contributed by atoms with Crippen molar-refractivity contribution < 1.29 is 18.4 Å². The number of carbonyl (C=O) groups excluding carboxylic acids is 1. The summed E-state index contributed by atoms with van der Waals surface area (Å²) >= 11 is 5.77. The molecule has 1 heterocycles.